The largest absolute Gasteiger partial charge is 0.489 e. The van der Waals surface area contributed by atoms with Crippen LogP contribution >= 0.6 is 0 Å². The van der Waals surface area contributed by atoms with Gasteiger partial charge in [-0.3, -0.25) is 14.5 Å². The van der Waals surface area contributed by atoms with Crippen LogP contribution in [0.1, 0.15) is 74.7 Å². The number of carbonyl (C=O) groups is 2. The number of allylic oxidation sites excluding steroid dienone is 1. The number of nitrogens with one attached hydrogen (secondary N) is 1. The molecular weight excluding hydrogens is 402 g/mol. The number of hydrogen-bond donors (Lipinski definition) is 1. The van der Waals surface area contributed by atoms with Crippen molar-refractivity contribution in [2.75, 3.05) is 13.1 Å². The average Bonchev–Trinajstić information content (AvgIpc) is 3.33. The Morgan fingerprint density at radius 1 is 1.12 bits per heavy atom. The summed E-state index contributed by atoms with van der Waals surface area (Å²) in [7, 11) is 0. The van der Waals surface area contributed by atoms with Crippen molar-refractivity contribution in [3.8, 4) is 5.75 Å². The highest BCUT2D eigenvalue weighted by atomic mass is 16.5. The third kappa shape index (κ3) is 4.05. The van der Waals surface area contributed by atoms with E-state index in [-0.39, 0.29) is 17.9 Å². The third-order valence-electron chi connectivity index (χ3n) is 7.93. The molecule has 32 heavy (non-hydrogen) atoms. The Hall–Kier alpha value is -2.34. The second-order valence-corrected chi connectivity index (χ2v) is 10.8. The molecule has 0 bridgehead atoms. The molecule has 3 heterocycles. The monoisotopic (exact) mass is 437 g/mol. The van der Waals surface area contributed by atoms with Crippen LogP contribution in [0.15, 0.2) is 30.5 Å². The number of amides is 2. The first-order valence-electron chi connectivity index (χ1n) is 12.1. The molecule has 0 radical (unpaired) electrons. The van der Waals surface area contributed by atoms with E-state index in [4.69, 9.17) is 4.74 Å². The molecule has 0 aromatic heterocycles. The van der Waals surface area contributed by atoms with Gasteiger partial charge >= 0.3 is 0 Å². The summed E-state index contributed by atoms with van der Waals surface area (Å²) in [6, 6.07) is 5.88. The van der Waals surface area contributed by atoms with Crippen molar-refractivity contribution in [1.82, 2.24) is 15.1 Å². The highest BCUT2D eigenvalue weighted by molar-refractivity contribution is 6.01. The van der Waals surface area contributed by atoms with Crippen molar-refractivity contribution in [2.24, 2.45) is 5.41 Å². The minimum atomic E-state index is -0.424. The molecule has 2 saturated heterocycles. The number of fused-ring (bicyclic) bond motifs is 1. The van der Waals surface area contributed by atoms with Gasteiger partial charge in [-0.25, -0.2) is 0 Å². The predicted octanol–water partition coefficient (Wildman–Crippen LogP) is 3.86. The number of carbonyl (C=O) groups excluding carboxylic acids is 2. The minimum Gasteiger partial charge on any atom is -0.489 e. The number of nitrogens with zero attached hydrogens (tertiary/aromatic N) is 2. The van der Waals surface area contributed by atoms with Gasteiger partial charge < -0.3 is 15.0 Å². The Kier molecular flexibility index (Phi) is 5.52. The second-order valence-electron chi connectivity index (χ2n) is 10.8. The number of piperidine rings is 2. The molecule has 6 nitrogen and oxygen atoms in total. The molecule has 172 valence electrons. The van der Waals surface area contributed by atoms with E-state index in [1.807, 2.05) is 18.2 Å². The van der Waals surface area contributed by atoms with E-state index in [1.54, 1.807) is 4.90 Å². The van der Waals surface area contributed by atoms with Gasteiger partial charge in [0, 0.05) is 23.8 Å². The van der Waals surface area contributed by atoms with Crippen LogP contribution in [-0.2, 0) is 11.3 Å². The maximum atomic E-state index is 13.0. The molecule has 1 aromatic rings. The van der Waals surface area contributed by atoms with Crippen molar-refractivity contribution in [2.45, 2.75) is 83.5 Å². The lowest BCUT2D eigenvalue weighted by Gasteiger charge is -2.41. The van der Waals surface area contributed by atoms with Gasteiger partial charge in [0.05, 0.1) is 0 Å². The van der Waals surface area contributed by atoms with E-state index in [0.29, 0.717) is 36.4 Å². The van der Waals surface area contributed by atoms with Crippen molar-refractivity contribution in [3.63, 3.8) is 0 Å². The maximum absolute atomic E-state index is 13.0. The summed E-state index contributed by atoms with van der Waals surface area (Å²) >= 11 is 0. The maximum Gasteiger partial charge on any atom is 0.255 e. The molecule has 6 heteroatoms. The summed E-state index contributed by atoms with van der Waals surface area (Å²) in [6.07, 6.45) is 7.52. The van der Waals surface area contributed by atoms with Crippen LogP contribution in [0.4, 0.5) is 0 Å². The number of ether oxygens (including phenoxy) is 1. The van der Waals surface area contributed by atoms with Crippen molar-refractivity contribution >= 4 is 11.8 Å². The van der Waals surface area contributed by atoms with Crippen molar-refractivity contribution < 1.29 is 14.3 Å². The summed E-state index contributed by atoms with van der Waals surface area (Å²) in [6.45, 7) is 11.3. The molecule has 1 saturated carbocycles. The molecular formula is C26H35N3O3. The van der Waals surface area contributed by atoms with Crippen LogP contribution in [0.25, 0.3) is 0 Å². The zero-order valence-corrected chi connectivity index (χ0v) is 19.4. The van der Waals surface area contributed by atoms with Gasteiger partial charge in [0.1, 0.15) is 17.9 Å². The number of likely N-dealkylation sites (tertiary alicyclic amines) is 1. The molecule has 0 spiro atoms. The lowest BCUT2D eigenvalue weighted by atomic mass is 9.82. The highest BCUT2D eigenvalue weighted by Crippen LogP contribution is 2.36. The molecule has 5 rings (SSSR count). The summed E-state index contributed by atoms with van der Waals surface area (Å²) in [4.78, 5) is 29.7. The third-order valence-corrected chi connectivity index (χ3v) is 7.93. The second kappa shape index (κ2) is 8.22. The van der Waals surface area contributed by atoms with Gasteiger partial charge in [0.15, 0.2) is 0 Å². The summed E-state index contributed by atoms with van der Waals surface area (Å²) in [5.41, 5.74) is 2.83. The molecule has 4 aliphatic rings. The van der Waals surface area contributed by atoms with E-state index in [2.05, 4.69) is 30.6 Å². The Balaban J connectivity index is 1.26. The Morgan fingerprint density at radius 3 is 2.66 bits per heavy atom. The molecule has 3 fully saturated rings. The summed E-state index contributed by atoms with van der Waals surface area (Å²) < 4.78 is 6.51. The zero-order valence-electron chi connectivity index (χ0n) is 19.4. The lowest BCUT2D eigenvalue weighted by Crippen LogP contribution is -2.49. The first-order valence-corrected chi connectivity index (χ1v) is 12.1. The normalized spacial score (nSPS) is 30.4. The van der Waals surface area contributed by atoms with Gasteiger partial charge in [-0.15, -0.1) is 0 Å². The zero-order chi connectivity index (χ0) is 22.5. The molecule has 3 aliphatic heterocycles. The van der Waals surface area contributed by atoms with Crippen molar-refractivity contribution in [3.05, 3.63) is 41.6 Å². The first kappa shape index (κ1) is 21.5. The van der Waals surface area contributed by atoms with Crippen LogP contribution in [0.3, 0.4) is 0 Å². The van der Waals surface area contributed by atoms with E-state index in [0.717, 1.165) is 36.5 Å². The Morgan fingerprint density at radius 2 is 1.91 bits per heavy atom. The van der Waals surface area contributed by atoms with Gasteiger partial charge in [-0.1, -0.05) is 20.4 Å². The van der Waals surface area contributed by atoms with Crippen LogP contribution < -0.4 is 10.1 Å². The van der Waals surface area contributed by atoms with Crippen LogP contribution in [0, 0.1) is 5.41 Å². The predicted molar refractivity (Wildman–Crippen MR) is 123 cm³/mol. The molecule has 1 unspecified atom stereocenters. The highest BCUT2D eigenvalue weighted by Gasteiger charge is 2.39. The SMILES string of the molecule is C=C1CCC(N2Cc3cc(O[C@@H]4CCC[C@H]4N4CCC(C)(C)CC4)ccc3C2=O)C(=O)N1. The number of benzene rings is 1. The number of hydrogen-bond acceptors (Lipinski definition) is 4. The van der Waals surface area contributed by atoms with E-state index in [1.165, 1.54) is 25.7 Å². The van der Waals surface area contributed by atoms with Gasteiger partial charge in [0.25, 0.3) is 5.91 Å². The number of rotatable bonds is 4. The van der Waals surface area contributed by atoms with E-state index < -0.39 is 6.04 Å². The molecule has 1 aromatic carbocycles. The topological polar surface area (TPSA) is 61.9 Å². The molecule has 2 amide bonds. The summed E-state index contributed by atoms with van der Waals surface area (Å²) in [5.74, 6) is 0.653. The Labute approximate surface area is 191 Å². The fraction of sp³-hybridized carbons (Fsp3) is 0.615. The molecule has 3 atom stereocenters. The Bertz CT molecular complexity index is 930. The fourth-order valence-corrected chi connectivity index (χ4v) is 5.80. The van der Waals surface area contributed by atoms with Crippen LogP contribution in [0.2, 0.25) is 0 Å². The van der Waals surface area contributed by atoms with Gasteiger partial charge in [-0.05, 0) is 87.2 Å². The average molecular weight is 438 g/mol. The fourth-order valence-electron chi connectivity index (χ4n) is 5.80. The minimum absolute atomic E-state index is 0.0612. The summed E-state index contributed by atoms with van der Waals surface area (Å²) in [5, 5.41) is 2.80. The first-order chi connectivity index (χ1) is 15.3. The van der Waals surface area contributed by atoms with Gasteiger partial charge in [-0.2, -0.15) is 0 Å². The lowest BCUT2D eigenvalue weighted by molar-refractivity contribution is -0.126. The quantitative estimate of drug-likeness (QED) is 0.777. The molecule has 1 aliphatic carbocycles. The standard InChI is InChI=1S/C26H35N3O3/c1-17-7-10-22(24(30)27-17)29-16-18-15-19(8-9-20(18)25(29)31)32-23-6-4-5-21(23)28-13-11-26(2,3)12-14-28/h8-9,15,21-23H,1,4-7,10-14,16H2,2-3H3,(H,27,30)/t21-,22?,23-/m1/s1. The van der Waals surface area contributed by atoms with Gasteiger partial charge in [0.2, 0.25) is 5.91 Å². The van der Waals surface area contributed by atoms with Crippen LogP contribution in [0.5, 0.6) is 5.75 Å². The molecule has 1 N–H and O–H groups in total. The van der Waals surface area contributed by atoms with E-state index in [9.17, 15) is 9.59 Å². The van der Waals surface area contributed by atoms with Crippen LogP contribution in [-0.4, -0.2) is 52.9 Å². The van der Waals surface area contributed by atoms with Crippen molar-refractivity contribution in [1.29, 1.82) is 0 Å². The van der Waals surface area contributed by atoms with E-state index >= 15 is 0 Å². The smallest absolute Gasteiger partial charge is 0.255 e.